The van der Waals surface area contributed by atoms with E-state index in [0.29, 0.717) is 6.04 Å². The molecule has 4 heteroatoms. The maximum absolute atomic E-state index is 4.35. The first-order chi connectivity index (χ1) is 9.27. The Labute approximate surface area is 121 Å². The van der Waals surface area contributed by atoms with Crippen LogP contribution in [0.3, 0.4) is 0 Å². The third-order valence-electron chi connectivity index (χ3n) is 4.16. The number of thiazole rings is 1. The van der Waals surface area contributed by atoms with Crippen molar-refractivity contribution in [3.05, 3.63) is 16.6 Å². The van der Waals surface area contributed by atoms with Crippen molar-refractivity contribution >= 4 is 11.3 Å². The summed E-state index contributed by atoms with van der Waals surface area (Å²) in [6.07, 6.45) is 10.2. The van der Waals surface area contributed by atoms with E-state index in [1.165, 1.54) is 50.1 Å². The molecular weight excluding hydrogens is 254 g/mol. The minimum Gasteiger partial charge on any atom is -0.308 e. The van der Waals surface area contributed by atoms with E-state index in [1.54, 1.807) is 11.3 Å². The second-order valence-corrected chi connectivity index (χ2v) is 6.60. The first-order valence-electron chi connectivity index (χ1n) is 7.60. The average molecular weight is 281 g/mol. The van der Waals surface area contributed by atoms with Crippen molar-refractivity contribution < 1.29 is 0 Å². The van der Waals surface area contributed by atoms with Crippen molar-refractivity contribution in [1.82, 2.24) is 15.2 Å². The standard InChI is InChI=1S/C15H27N3S/c1-13(15-17-10-12-19-15)16-9-6-11-18(2)14-7-4-3-5-8-14/h10,12-14,16H,3-9,11H2,1-2H3. The van der Waals surface area contributed by atoms with Gasteiger partial charge in [0, 0.05) is 17.6 Å². The Morgan fingerprint density at radius 1 is 1.42 bits per heavy atom. The zero-order chi connectivity index (χ0) is 13.5. The molecule has 0 saturated heterocycles. The molecule has 1 heterocycles. The maximum Gasteiger partial charge on any atom is 0.109 e. The lowest BCUT2D eigenvalue weighted by Crippen LogP contribution is -2.35. The molecule has 3 nitrogen and oxygen atoms in total. The normalized spacial score (nSPS) is 18.9. The van der Waals surface area contributed by atoms with Gasteiger partial charge in [-0.2, -0.15) is 0 Å². The van der Waals surface area contributed by atoms with Crippen molar-refractivity contribution in [2.24, 2.45) is 0 Å². The summed E-state index contributed by atoms with van der Waals surface area (Å²) < 4.78 is 0. The summed E-state index contributed by atoms with van der Waals surface area (Å²) in [5.41, 5.74) is 0. The summed E-state index contributed by atoms with van der Waals surface area (Å²) in [6, 6.07) is 1.23. The molecular formula is C15H27N3S. The second-order valence-electron chi connectivity index (χ2n) is 5.67. The molecule has 0 aromatic carbocycles. The van der Waals surface area contributed by atoms with E-state index in [-0.39, 0.29) is 0 Å². The third kappa shape index (κ3) is 4.86. The second kappa shape index (κ2) is 7.98. The summed E-state index contributed by atoms with van der Waals surface area (Å²) in [6.45, 7) is 4.49. The highest BCUT2D eigenvalue weighted by Crippen LogP contribution is 2.21. The van der Waals surface area contributed by atoms with Crippen LogP contribution in [0, 0.1) is 0 Å². The minimum atomic E-state index is 0.389. The molecule has 1 unspecified atom stereocenters. The van der Waals surface area contributed by atoms with Gasteiger partial charge in [0.15, 0.2) is 0 Å². The SMILES string of the molecule is CC(NCCCN(C)C1CCCCC1)c1nccs1. The van der Waals surface area contributed by atoms with E-state index >= 15 is 0 Å². The van der Waals surface area contributed by atoms with Gasteiger partial charge in [0.1, 0.15) is 5.01 Å². The molecule has 1 saturated carbocycles. The highest BCUT2D eigenvalue weighted by Gasteiger charge is 2.17. The summed E-state index contributed by atoms with van der Waals surface area (Å²) in [5.74, 6) is 0. The van der Waals surface area contributed by atoms with E-state index < -0.39 is 0 Å². The Balaban J connectivity index is 1.58. The highest BCUT2D eigenvalue weighted by atomic mass is 32.1. The zero-order valence-corrected chi connectivity index (χ0v) is 13.1. The smallest absolute Gasteiger partial charge is 0.109 e. The Kier molecular flexibility index (Phi) is 6.28. The van der Waals surface area contributed by atoms with Crippen LogP contribution in [0.15, 0.2) is 11.6 Å². The van der Waals surface area contributed by atoms with Crippen molar-refractivity contribution in [1.29, 1.82) is 0 Å². The van der Waals surface area contributed by atoms with Gasteiger partial charge in [0.05, 0.1) is 6.04 Å². The van der Waals surface area contributed by atoms with E-state index in [2.05, 4.69) is 29.2 Å². The summed E-state index contributed by atoms with van der Waals surface area (Å²) >= 11 is 1.73. The van der Waals surface area contributed by atoms with E-state index in [0.717, 1.165) is 12.6 Å². The summed E-state index contributed by atoms with van der Waals surface area (Å²) in [4.78, 5) is 6.91. The van der Waals surface area contributed by atoms with Gasteiger partial charge in [-0.3, -0.25) is 0 Å². The van der Waals surface area contributed by atoms with Gasteiger partial charge in [-0.1, -0.05) is 19.3 Å². The molecule has 1 N–H and O–H groups in total. The van der Waals surface area contributed by atoms with Gasteiger partial charge in [0.2, 0.25) is 0 Å². The predicted octanol–water partition coefficient (Wildman–Crippen LogP) is 3.45. The van der Waals surface area contributed by atoms with Gasteiger partial charge in [-0.25, -0.2) is 4.98 Å². The first kappa shape index (κ1) is 14.9. The fourth-order valence-electron chi connectivity index (χ4n) is 2.89. The van der Waals surface area contributed by atoms with Gasteiger partial charge < -0.3 is 10.2 Å². The molecule has 1 aromatic heterocycles. The lowest BCUT2D eigenvalue weighted by Gasteiger charge is -2.31. The third-order valence-corrected chi connectivity index (χ3v) is 5.12. The molecule has 1 aliphatic rings. The number of rotatable bonds is 7. The molecule has 0 amide bonds. The molecule has 1 atom stereocenters. The largest absolute Gasteiger partial charge is 0.308 e. The van der Waals surface area contributed by atoms with Crippen molar-refractivity contribution in [2.75, 3.05) is 20.1 Å². The van der Waals surface area contributed by atoms with Gasteiger partial charge >= 0.3 is 0 Å². The maximum atomic E-state index is 4.35. The van der Waals surface area contributed by atoms with Gasteiger partial charge in [0.25, 0.3) is 0 Å². The van der Waals surface area contributed by atoms with Crippen LogP contribution >= 0.6 is 11.3 Å². The molecule has 108 valence electrons. The minimum absolute atomic E-state index is 0.389. The number of hydrogen-bond donors (Lipinski definition) is 1. The van der Waals surface area contributed by atoms with Crippen molar-refractivity contribution in [2.45, 2.75) is 57.5 Å². The lowest BCUT2D eigenvalue weighted by atomic mass is 9.94. The number of hydrogen-bond acceptors (Lipinski definition) is 4. The number of nitrogens with zero attached hydrogens (tertiary/aromatic N) is 2. The van der Waals surface area contributed by atoms with Crippen LogP contribution in [0.1, 0.15) is 56.5 Å². The summed E-state index contributed by atoms with van der Waals surface area (Å²) in [7, 11) is 2.29. The number of nitrogens with one attached hydrogen (secondary N) is 1. The molecule has 2 rings (SSSR count). The Bertz CT molecular complexity index is 333. The Morgan fingerprint density at radius 3 is 2.89 bits per heavy atom. The molecule has 19 heavy (non-hydrogen) atoms. The highest BCUT2D eigenvalue weighted by molar-refractivity contribution is 7.09. The van der Waals surface area contributed by atoms with Crippen LogP contribution in [0.5, 0.6) is 0 Å². The topological polar surface area (TPSA) is 28.2 Å². The Hall–Kier alpha value is -0.450. The van der Waals surface area contributed by atoms with Crippen LogP contribution < -0.4 is 5.32 Å². The van der Waals surface area contributed by atoms with E-state index in [9.17, 15) is 0 Å². The molecule has 1 fully saturated rings. The van der Waals surface area contributed by atoms with Crippen molar-refractivity contribution in [3.8, 4) is 0 Å². The van der Waals surface area contributed by atoms with Crippen LogP contribution in [-0.2, 0) is 0 Å². The van der Waals surface area contributed by atoms with Crippen molar-refractivity contribution in [3.63, 3.8) is 0 Å². The molecule has 1 aliphatic carbocycles. The van der Waals surface area contributed by atoms with E-state index in [1.807, 2.05) is 11.6 Å². The molecule has 0 radical (unpaired) electrons. The monoisotopic (exact) mass is 281 g/mol. The van der Waals surface area contributed by atoms with Crippen LogP contribution in [0.25, 0.3) is 0 Å². The van der Waals surface area contributed by atoms with Crippen LogP contribution in [0.2, 0.25) is 0 Å². The fourth-order valence-corrected chi connectivity index (χ4v) is 3.56. The molecule has 0 bridgehead atoms. The van der Waals surface area contributed by atoms with Crippen LogP contribution in [0.4, 0.5) is 0 Å². The van der Waals surface area contributed by atoms with E-state index in [4.69, 9.17) is 0 Å². The van der Waals surface area contributed by atoms with Gasteiger partial charge in [-0.05, 0) is 46.3 Å². The first-order valence-corrected chi connectivity index (χ1v) is 8.48. The predicted molar refractivity (Wildman–Crippen MR) is 82.7 cm³/mol. The van der Waals surface area contributed by atoms with Crippen LogP contribution in [-0.4, -0.2) is 36.1 Å². The zero-order valence-electron chi connectivity index (χ0n) is 12.3. The quantitative estimate of drug-likeness (QED) is 0.776. The Morgan fingerprint density at radius 2 is 2.21 bits per heavy atom. The summed E-state index contributed by atoms with van der Waals surface area (Å²) in [5, 5.41) is 6.81. The average Bonchev–Trinajstić information content (AvgIpc) is 2.98. The van der Waals surface area contributed by atoms with Gasteiger partial charge in [-0.15, -0.1) is 11.3 Å². The molecule has 1 aromatic rings. The number of aromatic nitrogens is 1. The molecule has 0 aliphatic heterocycles. The fraction of sp³-hybridized carbons (Fsp3) is 0.800. The molecule has 0 spiro atoms. The lowest BCUT2D eigenvalue weighted by molar-refractivity contribution is 0.189.